The Labute approximate surface area is 228 Å². The third-order valence-electron chi connectivity index (χ3n) is 5.63. The zero-order valence-electron chi connectivity index (χ0n) is 22.0. The number of alkyl halides is 3. The standard InChI is InChI=1S/C29H27F3N4O4/c1-28(2,3)36-25(24(17-33-36)40-23-11-7-8-21(16-23)29(30,31)32)27(38)35-39-18-19-12-14-20(15-13-19)26(37)34-22-9-5-4-6-10-22/h4-17H,18H2,1-3H3,(H,34,37)(H,35,38). The molecular weight excluding hydrogens is 525 g/mol. The van der Waals surface area contributed by atoms with E-state index >= 15 is 0 Å². The Kier molecular flexibility index (Phi) is 8.24. The molecule has 4 rings (SSSR count). The van der Waals surface area contributed by atoms with Gasteiger partial charge in [-0.3, -0.25) is 19.1 Å². The number of nitrogens with one attached hydrogen (secondary N) is 2. The molecule has 0 unspecified atom stereocenters. The fraction of sp³-hybridized carbons (Fsp3) is 0.207. The number of hydrogen-bond acceptors (Lipinski definition) is 5. The van der Waals surface area contributed by atoms with Gasteiger partial charge in [-0.25, -0.2) is 5.48 Å². The number of carbonyl (C=O) groups is 2. The molecule has 2 N–H and O–H groups in total. The molecule has 0 bridgehead atoms. The number of hydrogen-bond donors (Lipinski definition) is 2. The van der Waals surface area contributed by atoms with E-state index in [1.807, 2.05) is 18.2 Å². The molecule has 0 aliphatic rings. The predicted octanol–water partition coefficient (Wildman–Crippen LogP) is 6.56. The second kappa shape index (κ2) is 11.6. The second-order valence-corrected chi connectivity index (χ2v) is 9.80. The molecule has 40 heavy (non-hydrogen) atoms. The minimum Gasteiger partial charge on any atom is -0.453 e. The van der Waals surface area contributed by atoms with E-state index < -0.39 is 23.2 Å². The Balaban J connectivity index is 1.42. The summed E-state index contributed by atoms with van der Waals surface area (Å²) >= 11 is 0. The van der Waals surface area contributed by atoms with Gasteiger partial charge in [0.05, 0.1) is 23.9 Å². The highest BCUT2D eigenvalue weighted by atomic mass is 19.4. The first-order valence-corrected chi connectivity index (χ1v) is 12.2. The van der Waals surface area contributed by atoms with Gasteiger partial charge in [-0.2, -0.15) is 18.3 Å². The van der Waals surface area contributed by atoms with Gasteiger partial charge < -0.3 is 10.1 Å². The third-order valence-corrected chi connectivity index (χ3v) is 5.63. The van der Waals surface area contributed by atoms with E-state index in [4.69, 9.17) is 9.57 Å². The topological polar surface area (TPSA) is 94.5 Å². The van der Waals surface area contributed by atoms with Crippen LogP contribution in [0.4, 0.5) is 18.9 Å². The van der Waals surface area contributed by atoms with Crippen LogP contribution in [0.3, 0.4) is 0 Å². The number of hydroxylamine groups is 1. The Bertz CT molecular complexity index is 1480. The maximum Gasteiger partial charge on any atom is 0.416 e. The summed E-state index contributed by atoms with van der Waals surface area (Å²) in [5.41, 5.74) is 2.57. The van der Waals surface area contributed by atoms with Crippen molar-refractivity contribution in [2.75, 3.05) is 5.32 Å². The van der Waals surface area contributed by atoms with Crippen molar-refractivity contribution in [1.29, 1.82) is 0 Å². The maximum atomic E-state index is 13.1. The first kappa shape index (κ1) is 28.4. The lowest BCUT2D eigenvalue weighted by atomic mass is 10.1. The van der Waals surface area contributed by atoms with Crippen LogP contribution in [0.2, 0.25) is 0 Å². The molecule has 208 valence electrons. The van der Waals surface area contributed by atoms with Gasteiger partial charge in [0.1, 0.15) is 5.75 Å². The number of nitrogens with zero attached hydrogens (tertiary/aromatic N) is 2. The van der Waals surface area contributed by atoms with Crippen LogP contribution >= 0.6 is 0 Å². The summed E-state index contributed by atoms with van der Waals surface area (Å²) < 4.78 is 46.4. The summed E-state index contributed by atoms with van der Waals surface area (Å²) in [6.45, 7) is 5.41. The molecule has 8 nitrogen and oxygen atoms in total. The number of anilines is 1. The molecule has 3 aromatic carbocycles. The van der Waals surface area contributed by atoms with Crippen molar-refractivity contribution in [1.82, 2.24) is 15.3 Å². The van der Waals surface area contributed by atoms with Crippen LogP contribution in [-0.2, 0) is 23.2 Å². The lowest BCUT2D eigenvalue weighted by molar-refractivity contribution is -0.137. The summed E-state index contributed by atoms with van der Waals surface area (Å²) in [5, 5.41) is 7.01. The van der Waals surface area contributed by atoms with Crippen LogP contribution in [0.1, 0.15) is 52.7 Å². The Morgan fingerprint density at radius 1 is 0.900 bits per heavy atom. The molecule has 0 saturated heterocycles. The first-order valence-electron chi connectivity index (χ1n) is 12.2. The van der Waals surface area contributed by atoms with E-state index in [9.17, 15) is 22.8 Å². The lowest BCUT2D eigenvalue weighted by Gasteiger charge is -2.22. The van der Waals surface area contributed by atoms with E-state index in [1.165, 1.54) is 23.0 Å². The van der Waals surface area contributed by atoms with Crippen molar-refractivity contribution in [2.24, 2.45) is 0 Å². The SMILES string of the molecule is CC(C)(C)n1ncc(Oc2cccc(C(F)(F)F)c2)c1C(=O)NOCc1ccc(C(=O)Nc2ccccc2)cc1. The number of amides is 2. The molecule has 0 radical (unpaired) electrons. The average molecular weight is 553 g/mol. The van der Waals surface area contributed by atoms with Gasteiger partial charge in [0, 0.05) is 11.3 Å². The van der Waals surface area contributed by atoms with Crippen molar-refractivity contribution in [3.8, 4) is 11.5 Å². The molecule has 2 amide bonds. The third kappa shape index (κ3) is 7.06. The highest BCUT2D eigenvalue weighted by Crippen LogP contribution is 2.34. The van der Waals surface area contributed by atoms with E-state index in [-0.39, 0.29) is 29.7 Å². The van der Waals surface area contributed by atoms with Crippen LogP contribution in [0.5, 0.6) is 11.5 Å². The molecule has 0 atom stereocenters. The number of benzene rings is 3. The molecular formula is C29H27F3N4O4. The van der Waals surface area contributed by atoms with Gasteiger partial charge in [-0.15, -0.1) is 0 Å². The van der Waals surface area contributed by atoms with E-state index in [0.29, 0.717) is 16.8 Å². The van der Waals surface area contributed by atoms with Crippen LogP contribution in [0, 0.1) is 0 Å². The molecule has 0 aliphatic heterocycles. The zero-order valence-corrected chi connectivity index (χ0v) is 22.0. The molecule has 4 aromatic rings. The van der Waals surface area contributed by atoms with Gasteiger partial charge in [0.25, 0.3) is 11.8 Å². The summed E-state index contributed by atoms with van der Waals surface area (Å²) in [6, 6.07) is 20.0. The van der Waals surface area contributed by atoms with Crippen molar-refractivity contribution >= 4 is 17.5 Å². The molecule has 0 aliphatic carbocycles. The van der Waals surface area contributed by atoms with Gasteiger partial charge >= 0.3 is 6.18 Å². The van der Waals surface area contributed by atoms with Crippen LogP contribution in [-0.4, -0.2) is 21.6 Å². The van der Waals surface area contributed by atoms with Crippen molar-refractivity contribution in [2.45, 2.75) is 39.1 Å². The van der Waals surface area contributed by atoms with E-state index in [2.05, 4.69) is 15.9 Å². The summed E-state index contributed by atoms with van der Waals surface area (Å²) in [4.78, 5) is 30.9. The molecule has 0 spiro atoms. The zero-order chi connectivity index (χ0) is 28.9. The Hall–Kier alpha value is -4.64. The molecule has 11 heteroatoms. The van der Waals surface area contributed by atoms with Crippen LogP contribution < -0.4 is 15.5 Å². The van der Waals surface area contributed by atoms with Crippen LogP contribution in [0.15, 0.2) is 85.1 Å². The summed E-state index contributed by atoms with van der Waals surface area (Å²) in [5.74, 6) is -1.11. The van der Waals surface area contributed by atoms with Crippen molar-refractivity contribution in [3.05, 3.63) is 107 Å². The monoisotopic (exact) mass is 552 g/mol. The molecule has 0 fully saturated rings. The number of ether oxygens (including phenoxy) is 1. The fourth-order valence-electron chi connectivity index (χ4n) is 3.70. The van der Waals surface area contributed by atoms with Crippen molar-refractivity contribution in [3.63, 3.8) is 0 Å². The molecule has 1 heterocycles. The first-order chi connectivity index (χ1) is 18.9. The van der Waals surface area contributed by atoms with E-state index in [1.54, 1.807) is 57.2 Å². The van der Waals surface area contributed by atoms with Gasteiger partial charge in [-0.05, 0) is 68.8 Å². The number of halogens is 3. The largest absolute Gasteiger partial charge is 0.453 e. The fourth-order valence-corrected chi connectivity index (χ4v) is 3.70. The normalized spacial score (nSPS) is 11.7. The lowest BCUT2D eigenvalue weighted by Crippen LogP contribution is -2.32. The summed E-state index contributed by atoms with van der Waals surface area (Å²) in [7, 11) is 0. The minimum atomic E-state index is -4.55. The van der Waals surface area contributed by atoms with Crippen molar-refractivity contribution < 1.29 is 32.3 Å². The van der Waals surface area contributed by atoms with Gasteiger partial charge in [-0.1, -0.05) is 36.4 Å². The predicted molar refractivity (Wildman–Crippen MR) is 142 cm³/mol. The smallest absolute Gasteiger partial charge is 0.416 e. The number of rotatable bonds is 8. The highest BCUT2D eigenvalue weighted by molar-refractivity contribution is 6.04. The highest BCUT2D eigenvalue weighted by Gasteiger charge is 2.31. The van der Waals surface area contributed by atoms with E-state index in [0.717, 1.165) is 12.1 Å². The summed E-state index contributed by atoms with van der Waals surface area (Å²) in [6.07, 6.45) is -3.29. The minimum absolute atomic E-state index is 0.0141. The Morgan fingerprint density at radius 2 is 1.60 bits per heavy atom. The van der Waals surface area contributed by atoms with Gasteiger partial charge in [0.2, 0.25) is 0 Å². The number of para-hydroxylation sites is 1. The number of aromatic nitrogens is 2. The average Bonchev–Trinajstić information content (AvgIpc) is 3.33. The maximum absolute atomic E-state index is 13.1. The van der Waals surface area contributed by atoms with Gasteiger partial charge in [0.15, 0.2) is 11.4 Å². The number of carbonyl (C=O) groups excluding carboxylic acids is 2. The van der Waals surface area contributed by atoms with Crippen LogP contribution in [0.25, 0.3) is 0 Å². The Morgan fingerprint density at radius 3 is 2.25 bits per heavy atom. The molecule has 1 aromatic heterocycles. The quantitative estimate of drug-likeness (QED) is 0.241. The second-order valence-electron chi connectivity index (χ2n) is 9.80. The molecule has 0 saturated carbocycles.